The number of hydrogen-bond acceptors (Lipinski definition) is 5. The molecule has 2 aliphatic heterocycles. The molecule has 1 aromatic rings. The molecule has 0 bridgehead atoms. The Morgan fingerprint density at radius 3 is 2.29 bits per heavy atom. The van der Waals surface area contributed by atoms with Crippen molar-refractivity contribution in [3.63, 3.8) is 0 Å². The third kappa shape index (κ3) is 3.83. The normalized spacial score (nSPS) is 19.8. The summed E-state index contributed by atoms with van der Waals surface area (Å²) in [4.78, 5) is 36.4. The molecule has 0 saturated carbocycles. The van der Waals surface area contributed by atoms with E-state index < -0.39 is 5.91 Å². The minimum Gasteiger partial charge on any atom is -0.364 e. The van der Waals surface area contributed by atoms with Gasteiger partial charge in [-0.3, -0.25) is 14.6 Å². The van der Waals surface area contributed by atoms with Gasteiger partial charge in [-0.25, -0.2) is 4.98 Å². The maximum Gasteiger partial charge on any atom is 0.268 e. The van der Waals surface area contributed by atoms with Gasteiger partial charge in [-0.1, -0.05) is 12.8 Å². The van der Waals surface area contributed by atoms with Crippen LogP contribution in [0.1, 0.15) is 49.0 Å². The van der Waals surface area contributed by atoms with Crippen molar-refractivity contribution < 1.29 is 9.59 Å². The highest BCUT2D eigenvalue weighted by molar-refractivity contribution is 5.90. The molecule has 2 N–H and O–H groups in total. The fourth-order valence-corrected chi connectivity index (χ4v) is 3.53. The van der Waals surface area contributed by atoms with Gasteiger partial charge in [0.2, 0.25) is 5.91 Å². The van der Waals surface area contributed by atoms with E-state index >= 15 is 0 Å². The van der Waals surface area contributed by atoms with Crippen LogP contribution in [0.2, 0.25) is 0 Å². The molecule has 2 amide bonds. The molecule has 0 atom stereocenters. The smallest absolute Gasteiger partial charge is 0.268 e. The lowest BCUT2D eigenvalue weighted by molar-refractivity contribution is -0.136. The van der Waals surface area contributed by atoms with Crippen molar-refractivity contribution in [2.24, 2.45) is 11.7 Å². The molecule has 2 fully saturated rings. The first-order valence-electron chi connectivity index (χ1n) is 8.81. The molecule has 3 rings (SSSR count). The maximum atomic E-state index is 12.7. The Hall–Kier alpha value is -2.18. The number of aromatic nitrogens is 2. The van der Waals surface area contributed by atoms with Crippen LogP contribution in [0.4, 0.5) is 5.82 Å². The van der Waals surface area contributed by atoms with Crippen molar-refractivity contribution in [3.8, 4) is 0 Å². The highest BCUT2D eigenvalue weighted by Gasteiger charge is 2.29. The highest BCUT2D eigenvalue weighted by Crippen LogP contribution is 2.24. The second kappa shape index (κ2) is 7.59. The number of nitrogens with zero attached hydrogens (tertiary/aromatic N) is 4. The van der Waals surface area contributed by atoms with Gasteiger partial charge in [0.05, 0.1) is 12.4 Å². The fraction of sp³-hybridized carbons (Fsp3) is 0.647. The van der Waals surface area contributed by atoms with Crippen LogP contribution < -0.4 is 10.6 Å². The average Bonchev–Trinajstić information content (AvgIpc) is 2.91. The van der Waals surface area contributed by atoms with Crippen molar-refractivity contribution in [3.05, 3.63) is 18.1 Å². The van der Waals surface area contributed by atoms with Crippen LogP contribution in [0.5, 0.6) is 0 Å². The van der Waals surface area contributed by atoms with E-state index in [9.17, 15) is 9.59 Å². The first-order valence-corrected chi connectivity index (χ1v) is 8.81. The summed E-state index contributed by atoms with van der Waals surface area (Å²) in [6, 6.07) is 0. The summed E-state index contributed by atoms with van der Waals surface area (Å²) in [6.45, 7) is 3.32. The molecule has 2 aliphatic rings. The molecule has 7 nitrogen and oxygen atoms in total. The van der Waals surface area contributed by atoms with Gasteiger partial charge in [0.25, 0.3) is 5.91 Å². The van der Waals surface area contributed by atoms with Crippen LogP contribution in [0.3, 0.4) is 0 Å². The van der Waals surface area contributed by atoms with E-state index in [0.717, 1.165) is 51.9 Å². The molecular weight excluding hydrogens is 306 g/mol. The van der Waals surface area contributed by atoms with E-state index in [1.165, 1.54) is 19.0 Å². The Morgan fingerprint density at radius 2 is 1.67 bits per heavy atom. The van der Waals surface area contributed by atoms with Gasteiger partial charge in [-0.05, 0) is 25.7 Å². The lowest BCUT2D eigenvalue weighted by atomic mass is 9.95. The Kier molecular flexibility index (Phi) is 5.27. The van der Waals surface area contributed by atoms with E-state index in [0.29, 0.717) is 11.7 Å². The zero-order valence-electron chi connectivity index (χ0n) is 14.0. The van der Waals surface area contributed by atoms with Gasteiger partial charge < -0.3 is 15.5 Å². The Morgan fingerprint density at radius 1 is 1.00 bits per heavy atom. The molecular formula is C17H25N5O2. The van der Waals surface area contributed by atoms with Crippen LogP contribution in [0, 0.1) is 5.92 Å². The van der Waals surface area contributed by atoms with Gasteiger partial charge in [0.1, 0.15) is 11.5 Å². The summed E-state index contributed by atoms with van der Waals surface area (Å²) in [5, 5.41) is 0. The third-order valence-electron chi connectivity index (χ3n) is 4.96. The molecule has 1 aromatic heterocycles. The van der Waals surface area contributed by atoms with E-state index in [2.05, 4.69) is 19.8 Å². The number of primary amides is 1. The first-order chi connectivity index (χ1) is 11.6. The monoisotopic (exact) mass is 331 g/mol. The summed E-state index contributed by atoms with van der Waals surface area (Å²) in [5.74, 6) is 0.503. The van der Waals surface area contributed by atoms with Crippen molar-refractivity contribution >= 4 is 17.6 Å². The van der Waals surface area contributed by atoms with Crippen LogP contribution in [-0.2, 0) is 4.79 Å². The first kappa shape index (κ1) is 16.7. The average molecular weight is 331 g/mol. The number of hydrogen-bond donors (Lipinski definition) is 1. The SMILES string of the molecule is NC(=O)c1cncc(N2CCC(C(=O)N3CCCCCC3)CC2)n1. The standard InChI is InChI=1S/C17H25N5O2/c18-16(23)14-11-19-12-15(20-14)21-9-5-13(6-10-21)17(24)22-7-3-1-2-4-8-22/h11-13H,1-10H2,(H2,18,23). The second-order valence-electron chi connectivity index (χ2n) is 6.63. The lowest BCUT2D eigenvalue weighted by Gasteiger charge is -2.34. The molecule has 0 aromatic carbocycles. The van der Waals surface area contributed by atoms with Gasteiger partial charge in [-0.2, -0.15) is 0 Å². The minimum atomic E-state index is -0.574. The predicted molar refractivity (Wildman–Crippen MR) is 90.5 cm³/mol. The van der Waals surface area contributed by atoms with Crippen LogP contribution >= 0.6 is 0 Å². The minimum absolute atomic E-state index is 0.103. The summed E-state index contributed by atoms with van der Waals surface area (Å²) >= 11 is 0. The highest BCUT2D eigenvalue weighted by atomic mass is 16.2. The number of anilines is 1. The zero-order valence-corrected chi connectivity index (χ0v) is 14.0. The maximum absolute atomic E-state index is 12.7. The molecule has 130 valence electrons. The van der Waals surface area contributed by atoms with Crippen molar-refractivity contribution in [1.82, 2.24) is 14.9 Å². The van der Waals surface area contributed by atoms with Crippen LogP contribution in [-0.4, -0.2) is 52.9 Å². The van der Waals surface area contributed by atoms with Gasteiger partial charge >= 0.3 is 0 Å². The molecule has 7 heteroatoms. The van der Waals surface area contributed by atoms with E-state index in [4.69, 9.17) is 5.73 Å². The molecule has 24 heavy (non-hydrogen) atoms. The second-order valence-corrected chi connectivity index (χ2v) is 6.63. The Labute approximate surface area is 142 Å². The van der Waals surface area contributed by atoms with Crippen molar-refractivity contribution in [2.75, 3.05) is 31.1 Å². The Balaban J connectivity index is 1.58. The third-order valence-corrected chi connectivity index (χ3v) is 4.96. The van der Waals surface area contributed by atoms with Crippen LogP contribution in [0.25, 0.3) is 0 Å². The number of likely N-dealkylation sites (tertiary alicyclic amines) is 1. The summed E-state index contributed by atoms with van der Waals surface area (Å²) in [7, 11) is 0. The van der Waals surface area contributed by atoms with Crippen molar-refractivity contribution in [2.45, 2.75) is 38.5 Å². The summed E-state index contributed by atoms with van der Waals surface area (Å²) in [5.41, 5.74) is 5.44. The molecule has 3 heterocycles. The molecule has 0 radical (unpaired) electrons. The van der Waals surface area contributed by atoms with Gasteiger partial charge in [-0.15, -0.1) is 0 Å². The van der Waals surface area contributed by atoms with E-state index in [1.54, 1.807) is 6.20 Å². The van der Waals surface area contributed by atoms with E-state index in [-0.39, 0.29) is 11.6 Å². The zero-order chi connectivity index (χ0) is 16.9. The van der Waals surface area contributed by atoms with Gasteiger partial charge in [0, 0.05) is 32.1 Å². The largest absolute Gasteiger partial charge is 0.364 e. The lowest BCUT2D eigenvalue weighted by Crippen LogP contribution is -2.43. The Bertz CT molecular complexity index is 590. The summed E-state index contributed by atoms with van der Waals surface area (Å²) < 4.78 is 0. The number of rotatable bonds is 3. The number of carbonyl (C=O) groups excluding carboxylic acids is 2. The van der Waals surface area contributed by atoms with Crippen LogP contribution in [0.15, 0.2) is 12.4 Å². The molecule has 0 spiro atoms. The summed E-state index contributed by atoms with van der Waals surface area (Å²) in [6.07, 6.45) is 9.37. The number of nitrogens with two attached hydrogens (primary N) is 1. The fourth-order valence-electron chi connectivity index (χ4n) is 3.53. The molecule has 0 unspecified atom stereocenters. The number of amides is 2. The molecule has 2 saturated heterocycles. The van der Waals surface area contributed by atoms with Gasteiger partial charge in [0.15, 0.2) is 0 Å². The van der Waals surface area contributed by atoms with E-state index in [1.807, 2.05) is 0 Å². The quantitative estimate of drug-likeness (QED) is 0.898. The number of piperidine rings is 1. The molecule has 0 aliphatic carbocycles. The van der Waals surface area contributed by atoms with Crippen molar-refractivity contribution in [1.29, 1.82) is 0 Å². The predicted octanol–water partition coefficient (Wildman–Crippen LogP) is 1.19. The number of carbonyl (C=O) groups is 2. The topological polar surface area (TPSA) is 92.4 Å².